The molecule has 0 aromatic heterocycles. The Kier molecular flexibility index (Phi) is 5.24. The summed E-state index contributed by atoms with van der Waals surface area (Å²) in [5.41, 5.74) is 0. The van der Waals surface area contributed by atoms with Crippen molar-refractivity contribution < 1.29 is 14.3 Å². The highest BCUT2D eigenvalue weighted by molar-refractivity contribution is 5.77. The third-order valence-electron chi connectivity index (χ3n) is 3.22. The van der Waals surface area contributed by atoms with Crippen LogP contribution in [0.3, 0.4) is 0 Å². The average molecular weight is 278 g/mol. The Balaban J connectivity index is 1.88. The number of carbonyl (C=O) groups is 1. The fourth-order valence-electron chi connectivity index (χ4n) is 2.20. The van der Waals surface area contributed by atoms with E-state index in [4.69, 9.17) is 9.47 Å². The van der Waals surface area contributed by atoms with Gasteiger partial charge < -0.3 is 14.8 Å². The average Bonchev–Trinajstić information content (AvgIpc) is 2.46. The molecule has 0 bridgehead atoms. The van der Waals surface area contributed by atoms with Gasteiger partial charge in [-0.3, -0.25) is 9.69 Å². The van der Waals surface area contributed by atoms with Crippen molar-refractivity contribution >= 4 is 5.91 Å². The maximum Gasteiger partial charge on any atom is 0.234 e. The first-order valence-electron chi connectivity index (χ1n) is 7.10. The standard InChI is InChI=1S/C15H22N2O3/c1-3-16-15(18)10-17(4-2)9-12-11-19-13-7-5-6-8-14(13)20-12/h5-8,12H,3-4,9-11H2,1-2H3,(H,16,18). The fourth-order valence-corrected chi connectivity index (χ4v) is 2.20. The summed E-state index contributed by atoms with van der Waals surface area (Å²) in [4.78, 5) is 13.7. The van der Waals surface area contributed by atoms with Crippen molar-refractivity contribution in [2.24, 2.45) is 0 Å². The van der Waals surface area contributed by atoms with E-state index >= 15 is 0 Å². The van der Waals surface area contributed by atoms with Gasteiger partial charge in [0.2, 0.25) is 5.91 Å². The summed E-state index contributed by atoms with van der Waals surface area (Å²) in [6.07, 6.45) is -0.0423. The topological polar surface area (TPSA) is 50.8 Å². The molecule has 1 N–H and O–H groups in total. The zero-order valence-electron chi connectivity index (χ0n) is 12.1. The summed E-state index contributed by atoms with van der Waals surface area (Å²) in [5, 5.41) is 2.81. The molecule has 2 rings (SSSR count). The van der Waals surface area contributed by atoms with Crippen LogP contribution in [0.25, 0.3) is 0 Å². The summed E-state index contributed by atoms with van der Waals surface area (Å²) in [7, 11) is 0. The first-order chi connectivity index (χ1) is 9.72. The maximum atomic E-state index is 11.6. The van der Waals surface area contributed by atoms with Crippen molar-refractivity contribution in [3.8, 4) is 11.5 Å². The summed E-state index contributed by atoms with van der Waals surface area (Å²) in [6, 6.07) is 7.66. The first-order valence-corrected chi connectivity index (χ1v) is 7.10. The number of hydrogen-bond donors (Lipinski definition) is 1. The molecule has 20 heavy (non-hydrogen) atoms. The molecule has 0 fully saturated rings. The van der Waals surface area contributed by atoms with E-state index < -0.39 is 0 Å². The Hall–Kier alpha value is -1.75. The molecule has 5 nitrogen and oxygen atoms in total. The molecule has 0 radical (unpaired) electrons. The third-order valence-corrected chi connectivity index (χ3v) is 3.22. The number of carbonyl (C=O) groups excluding carboxylic acids is 1. The number of rotatable bonds is 6. The van der Waals surface area contributed by atoms with Crippen LogP contribution in [0.4, 0.5) is 0 Å². The SMILES string of the molecule is CCNC(=O)CN(CC)CC1COc2ccccc2O1. The number of benzene rings is 1. The van der Waals surface area contributed by atoms with Gasteiger partial charge in [-0.25, -0.2) is 0 Å². The molecule has 0 aliphatic carbocycles. The fraction of sp³-hybridized carbons (Fsp3) is 0.533. The Morgan fingerprint density at radius 2 is 2.10 bits per heavy atom. The number of nitrogens with one attached hydrogen (secondary N) is 1. The van der Waals surface area contributed by atoms with Crippen molar-refractivity contribution in [3.63, 3.8) is 0 Å². The van der Waals surface area contributed by atoms with E-state index in [1.165, 1.54) is 0 Å². The van der Waals surface area contributed by atoms with E-state index in [0.29, 0.717) is 26.2 Å². The number of hydrogen-bond acceptors (Lipinski definition) is 4. The number of likely N-dealkylation sites (N-methyl/N-ethyl adjacent to an activating group) is 2. The number of para-hydroxylation sites is 2. The molecule has 1 atom stereocenters. The highest BCUT2D eigenvalue weighted by atomic mass is 16.6. The van der Waals surface area contributed by atoms with E-state index in [0.717, 1.165) is 18.0 Å². The molecule has 0 saturated heterocycles. The Labute approximate surface area is 119 Å². The van der Waals surface area contributed by atoms with Gasteiger partial charge in [0, 0.05) is 13.1 Å². The normalized spacial score (nSPS) is 17.1. The van der Waals surface area contributed by atoms with Crippen LogP contribution in [0.5, 0.6) is 11.5 Å². The Morgan fingerprint density at radius 1 is 1.35 bits per heavy atom. The molecule has 1 amide bonds. The zero-order valence-corrected chi connectivity index (χ0v) is 12.1. The van der Waals surface area contributed by atoms with Crippen LogP contribution in [-0.2, 0) is 4.79 Å². The lowest BCUT2D eigenvalue weighted by molar-refractivity contribution is -0.122. The molecule has 1 aromatic carbocycles. The molecule has 0 spiro atoms. The predicted octanol–water partition coefficient (Wildman–Crippen LogP) is 1.28. The molecular formula is C15H22N2O3. The maximum absolute atomic E-state index is 11.6. The predicted molar refractivity (Wildman–Crippen MR) is 77.2 cm³/mol. The first kappa shape index (κ1) is 14.7. The number of ether oxygens (including phenoxy) is 2. The highest BCUT2D eigenvalue weighted by Gasteiger charge is 2.23. The molecule has 1 aromatic rings. The van der Waals surface area contributed by atoms with Gasteiger partial charge in [-0.15, -0.1) is 0 Å². The minimum absolute atomic E-state index is 0.0423. The van der Waals surface area contributed by atoms with Gasteiger partial charge in [0.25, 0.3) is 0 Å². The molecule has 1 unspecified atom stereocenters. The molecule has 0 saturated carbocycles. The van der Waals surface area contributed by atoms with Gasteiger partial charge in [0.1, 0.15) is 12.7 Å². The van der Waals surface area contributed by atoms with Crippen LogP contribution in [0.2, 0.25) is 0 Å². The summed E-state index contributed by atoms with van der Waals surface area (Å²) < 4.78 is 11.6. The van der Waals surface area contributed by atoms with Gasteiger partial charge in [-0.2, -0.15) is 0 Å². The van der Waals surface area contributed by atoms with Crippen molar-refractivity contribution in [2.45, 2.75) is 20.0 Å². The lowest BCUT2D eigenvalue weighted by Gasteiger charge is -2.30. The quantitative estimate of drug-likeness (QED) is 0.852. The van der Waals surface area contributed by atoms with E-state index in [1.807, 2.05) is 38.1 Å². The van der Waals surface area contributed by atoms with E-state index in [-0.39, 0.29) is 12.0 Å². The third kappa shape index (κ3) is 3.87. The smallest absolute Gasteiger partial charge is 0.234 e. The number of fused-ring (bicyclic) bond motifs is 1. The monoisotopic (exact) mass is 278 g/mol. The lowest BCUT2D eigenvalue weighted by atomic mass is 10.2. The van der Waals surface area contributed by atoms with Gasteiger partial charge in [-0.05, 0) is 25.6 Å². The second-order valence-electron chi connectivity index (χ2n) is 4.78. The minimum Gasteiger partial charge on any atom is -0.486 e. The second kappa shape index (κ2) is 7.14. The van der Waals surface area contributed by atoms with Gasteiger partial charge >= 0.3 is 0 Å². The lowest BCUT2D eigenvalue weighted by Crippen LogP contribution is -2.45. The van der Waals surface area contributed by atoms with Crippen molar-refractivity contribution in [1.82, 2.24) is 10.2 Å². The van der Waals surface area contributed by atoms with Crippen LogP contribution in [0.15, 0.2) is 24.3 Å². The van der Waals surface area contributed by atoms with Crippen LogP contribution in [-0.4, -0.2) is 49.7 Å². The van der Waals surface area contributed by atoms with Crippen LogP contribution in [0.1, 0.15) is 13.8 Å². The second-order valence-corrected chi connectivity index (χ2v) is 4.78. The Morgan fingerprint density at radius 3 is 2.80 bits per heavy atom. The van der Waals surface area contributed by atoms with Crippen LogP contribution < -0.4 is 14.8 Å². The van der Waals surface area contributed by atoms with E-state index in [1.54, 1.807) is 0 Å². The molecule has 5 heteroatoms. The molecule has 1 aliphatic rings. The van der Waals surface area contributed by atoms with Crippen molar-refractivity contribution in [2.75, 3.05) is 32.8 Å². The summed E-state index contributed by atoms with van der Waals surface area (Å²) in [6.45, 7) is 7.02. The number of nitrogens with zero attached hydrogens (tertiary/aromatic N) is 1. The van der Waals surface area contributed by atoms with Crippen LogP contribution in [0, 0.1) is 0 Å². The zero-order chi connectivity index (χ0) is 14.4. The Bertz CT molecular complexity index is 450. The molecule has 110 valence electrons. The summed E-state index contributed by atoms with van der Waals surface area (Å²) >= 11 is 0. The van der Waals surface area contributed by atoms with E-state index in [2.05, 4.69) is 10.2 Å². The molecular weight excluding hydrogens is 256 g/mol. The number of amides is 1. The van der Waals surface area contributed by atoms with Crippen LogP contribution >= 0.6 is 0 Å². The van der Waals surface area contributed by atoms with Crippen molar-refractivity contribution in [1.29, 1.82) is 0 Å². The van der Waals surface area contributed by atoms with Crippen molar-refractivity contribution in [3.05, 3.63) is 24.3 Å². The van der Waals surface area contributed by atoms with Gasteiger partial charge in [0.15, 0.2) is 11.5 Å². The van der Waals surface area contributed by atoms with Gasteiger partial charge in [-0.1, -0.05) is 19.1 Å². The highest BCUT2D eigenvalue weighted by Crippen LogP contribution is 2.30. The minimum atomic E-state index is -0.0423. The van der Waals surface area contributed by atoms with E-state index in [9.17, 15) is 4.79 Å². The molecule has 1 heterocycles. The van der Waals surface area contributed by atoms with Gasteiger partial charge in [0.05, 0.1) is 6.54 Å². The molecule has 1 aliphatic heterocycles. The summed E-state index contributed by atoms with van der Waals surface area (Å²) in [5.74, 6) is 1.61. The largest absolute Gasteiger partial charge is 0.486 e.